The molecule has 6 nitrogen and oxygen atoms in total. The number of carbonyl (C=O) groups is 2. The fourth-order valence-electron chi connectivity index (χ4n) is 2.13. The third-order valence-corrected chi connectivity index (χ3v) is 3.34. The number of nitrogens with zero attached hydrogens (tertiary/aromatic N) is 1. The molecule has 1 fully saturated rings. The van der Waals surface area contributed by atoms with Crippen LogP contribution in [0.1, 0.15) is 36.7 Å². The summed E-state index contributed by atoms with van der Waals surface area (Å²) in [4.78, 5) is 23.2. The van der Waals surface area contributed by atoms with Gasteiger partial charge in [0.2, 0.25) is 0 Å². The minimum atomic E-state index is -4.51. The van der Waals surface area contributed by atoms with Gasteiger partial charge in [-0.1, -0.05) is 0 Å². The lowest BCUT2D eigenvalue weighted by molar-refractivity contribution is -0.139. The number of piperazine rings is 1. The predicted octanol–water partition coefficient (Wildman–Crippen LogP) is 2.29. The van der Waals surface area contributed by atoms with E-state index < -0.39 is 17.6 Å². The van der Waals surface area contributed by atoms with E-state index in [4.69, 9.17) is 5.73 Å². The van der Waals surface area contributed by atoms with Crippen molar-refractivity contribution in [2.75, 3.05) is 31.9 Å². The number of rotatable bonds is 2. The molecule has 26 heavy (non-hydrogen) atoms. The molecular weight excluding hydrogens is 351 g/mol. The molecule has 0 bridgehead atoms. The van der Waals surface area contributed by atoms with Crippen molar-refractivity contribution in [2.24, 2.45) is 0 Å². The third-order valence-electron chi connectivity index (χ3n) is 3.34. The molecule has 9 heteroatoms. The Morgan fingerprint density at radius 3 is 2.19 bits per heavy atom. The van der Waals surface area contributed by atoms with Gasteiger partial charge in [0.25, 0.3) is 12.4 Å². The summed E-state index contributed by atoms with van der Waals surface area (Å²) in [6.07, 6.45) is -4.51. The van der Waals surface area contributed by atoms with E-state index >= 15 is 0 Å². The Labute approximate surface area is 150 Å². The first-order valence-corrected chi connectivity index (χ1v) is 8.03. The van der Waals surface area contributed by atoms with Gasteiger partial charge in [-0.25, -0.2) is 0 Å². The van der Waals surface area contributed by atoms with E-state index in [1.807, 2.05) is 20.8 Å². The molecule has 2 rings (SSSR count). The van der Waals surface area contributed by atoms with E-state index in [-0.39, 0.29) is 16.9 Å². The molecule has 1 aromatic carbocycles. The number of halogens is 3. The Kier molecular flexibility index (Phi) is 7.43. The maximum absolute atomic E-state index is 12.7. The fourth-order valence-corrected chi connectivity index (χ4v) is 2.13. The molecule has 0 unspecified atom stereocenters. The standard InChI is InChI=1S/C12H14F3N3O.C5H10O2/c13-12(14,15)9-5-8(6-10(16)7-9)11(19)18-3-1-17-2-4-18;1-5(2,3)7-4-6/h5-7,17H,1-4,16H2;4H,1-3H3. The van der Waals surface area contributed by atoms with Gasteiger partial charge in [-0.05, 0) is 39.0 Å². The molecule has 0 saturated carbocycles. The SMILES string of the molecule is CC(C)(C)OC=O.Nc1cc(C(=O)N2CCNCC2)cc(C(F)(F)F)c1. The number of alkyl halides is 3. The number of nitrogens with two attached hydrogens (primary N) is 1. The number of nitrogen functional groups attached to an aromatic ring is 1. The minimum Gasteiger partial charge on any atom is -0.462 e. The van der Waals surface area contributed by atoms with Crippen LogP contribution in [0.25, 0.3) is 0 Å². The molecule has 1 aliphatic heterocycles. The average Bonchev–Trinajstić information content (AvgIpc) is 2.53. The highest BCUT2D eigenvalue weighted by atomic mass is 19.4. The fraction of sp³-hybridized carbons (Fsp3) is 0.529. The number of amides is 1. The van der Waals surface area contributed by atoms with Crippen molar-refractivity contribution in [1.82, 2.24) is 10.2 Å². The van der Waals surface area contributed by atoms with Crippen LogP contribution >= 0.6 is 0 Å². The van der Waals surface area contributed by atoms with Crippen molar-refractivity contribution in [3.63, 3.8) is 0 Å². The molecule has 1 heterocycles. The van der Waals surface area contributed by atoms with Crippen molar-refractivity contribution in [3.05, 3.63) is 29.3 Å². The van der Waals surface area contributed by atoms with Crippen LogP contribution < -0.4 is 11.1 Å². The zero-order valence-electron chi connectivity index (χ0n) is 15.0. The number of benzene rings is 1. The van der Waals surface area contributed by atoms with Gasteiger partial charge in [-0.2, -0.15) is 13.2 Å². The summed E-state index contributed by atoms with van der Waals surface area (Å²) in [6, 6.07) is 2.95. The van der Waals surface area contributed by atoms with Crippen LogP contribution in [-0.2, 0) is 15.7 Å². The molecule has 1 aromatic rings. The first-order valence-electron chi connectivity index (χ1n) is 8.03. The number of anilines is 1. The largest absolute Gasteiger partial charge is 0.462 e. The molecule has 0 radical (unpaired) electrons. The third kappa shape index (κ3) is 7.30. The van der Waals surface area contributed by atoms with Gasteiger partial charge in [0.1, 0.15) is 5.60 Å². The predicted molar refractivity (Wildman–Crippen MR) is 91.5 cm³/mol. The van der Waals surface area contributed by atoms with Gasteiger partial charge in [-0.15, -0.1) is 0 Å². The molecule has 1 saturated heterocycles. The second-order valence-corrected chi connectivity index (χ2v) is 6.71. The summed E-state index contributed by atoms with van der Waals surface area (Å²) in [5, 5.41) is 3.07. The summed E-state index contributed by atoms with van der Waals surface area (Å²) in [5.41, 5.74) is 4.14. The Bertz CT molecular complexity index is 622. The normalized spacial score (nSPS) is 14.9. The van der Waals surface area contributed by atoms with Crippen molar-refractivity contribution in [2.45, 2.75) is 32.5 Å². The van der Waals surface area contributed by atoms with Gasteiger partial charge >= 0.3 is 6.18 Å². The quantitative estimate of drug-likeness (QED) is 0.612. The first-order chi connectivity index (χ1) is 11.9. The summed E-state index contributed by atoms with van der Waals surface area (Å²) in [5.74, 6) is -0.417. The first kappa shape index (κ1) is 21.8. The molecular formula is C17H24F3N3O3. The van der Waals surface area contributed by atoms with Gasteiger partial charge in [0, 0.05) is 37.4 Å². The van der Waals surface area contributed by atoms with Crippen LogP contribution in [0.15, 0.2) is 18.2 Å². The van der Waals surface area contributed by atoms with E-state index in [1.54, 1.807) is 0 Å². The van der Waals surface area contributed by atoms with Crippen molar-refractivity contribution in [3.8, 4) is 0 Å². The van der Waals surface area contributed by atoms with Gasteiger partial charge in [-0.3, -0.25) is 9.59 Å². The second kappa shape index (κ2) is 8.88. The topological polar surface area (TPSA) is 84.7 Å². The lowest BCUT2D eigenvalue weighted by Gasteiger charge is -2.27. The van der Waals surface area contributed by atoms with E-state index in [1.165, 1.54) is 11.0 Å². The average molecular weight is 375 g/mol. The number of hydrogen-bond acceptors (Lipinski definition) is 5. The van der Waals surface area contributed by atoms with E-state index in [0.717, 1.165) is 12.1 Å². The van der Waals surface area contributed by atoms with Crippen LogP contribution in [0.5, 0.6) is 0 Å². The number of ether oxygens (including phenoxy) is 1. The highest BCUT2D eigenvalue weighted by Crippen LogP contribution is 2.31. The van der Waals surface area contributed by atoms with Gasteiger partial charge < -0.3 is 20.7 Å². The smallest absolute Gasteiger partial charge is 0.416 e. The monoisotopic (exact) mass is 375 g/mol. The van der Waals surface area contributed by atoms with Crippen LogP contribution in [-0.4, -0.2) is 49.1 Å². The molecule has 1 aliphatic rings. The maximum atomic E-state index is 12.7. The van der Waals surface area contributed by atoms with Crippen LogP contribution in [0, 0.1) is 0 Å². The lowest BCUT2D eigenvalue weighted by atomic mass is 10.1. The zero-order valence-corrected chi connectivity index (χ0v) is 15.0. The summed E-state index contributed by atoms with van der Waals surface area (Å²) >= 11 is 0. The molecule has 146 valence electrons. The Hall–Kier alpha value is -2.29. The molecule has 0 atom stereocenters. The van der Waals surface area contributed by atoms with E-state index in [2.05, 4.69) is 10.1 Å². The Morgan fingerprint density at radius 1 is 1.19 bits per heavy atom. The number of carbonyl (C=O) groups excluding carboxylic acids is 2. The van der Waals surface area contributed by atoms with Crippen molar-refractivity contribution < 1.29 is 27.5 Å². The maximum Gasteiger partial charge on any atom is 0.416 e. The molecule has 0 aromatic heterocycles. The molecule has 3 N–H and O–H groups in total. The molecule has 1 amide bonds. The summed E-state index contributed by atoms with van der Waals surface area (Å²) < 4.78 is 42.5. The highest BCUT2D eigenvalue weighted by Gasteiger charge is 2.32. The van der Waals surface area contributed by atoms with Crippen molar-refractivity contribution >= 4 is 18.1 Å². The minimum absolute atomic E-state index is 0.0192. The van der Waals surface area contributed by atoms with E-state index in [9.17, 15) is 22.8 Å². The zero-order chi connectivity index (χ0) is 20.0. The summed E-state index contributed by atoms with van der Waals surface area (Å²) in [7, 11) is 0. The number of nitrogens with one attached hydrogen (secondary N) is 1. The van der Waals surface area contributed by atoms with Crippen LogP contribution in [0.4, 0.5) is 18.9 Å². The highest BCUT2D eigenvalue weighted by molar-refractivity contribution is 5.95. The van der Waals surface area contributed by atoms with Crippen LogP contribution in [0.2, 0.25) is 0 Å². The number of hydrogen-bond donors (Lipinski definition) is 2. The van der Waals surface area contributed by atoms with Crippen LogP contribution in [0.3, 0.4) is 0 Å². The lowest BCUT2D eigenvalue weighted by Crippen LogP contribution is -2.46. The Balaban J connectivity index is 0.000000412. The molecule has 0 aliphatic carbocycles. The second-order valence-electron chi connectivity index (χ2n) is 6.71. The van der Waals surface area contributed by atoms with Gasteiger partial charge in [0.05, 0.1) is 5.56 Å². The summed E-state index contributed by atoms with van der Waals surface area (Å²) in [6.45, 7) is 8.16. The van der Waals surface area contributed by atoms with Crippen molar-refractivity contribution in [1.29, 1.82) is 0 Å². The van der Waals surface area contributed by atoms with E-state index in [0.29, 0.717) is 32.7 Å². The van der Waals surface area contributed by atoms with Gasteiger partial charge in [0.15, 0.2) is 0 Å². The molecule has 0 spiro atoms. The Morgan fingerprint density at radius 2 is 1.77 bits per heavy atom.